The van der Waals surface area contributed by atoms with Crippen LogP contribution in [0.1, 0.15) is 18.2 Å². The summed E-state index contributed by atoms with van der Waals surface area (Å²) in [4.78, 5) is 6.11. The minimum absolute atomic E-state index is 0.251. The maximum Gasteiger partial charge on any atom is 0.145 e. The maximum atomic E-state index is 12.9. The van der Waals surface area contributed by atoms with Crippen molar-refractivity contribution < 1.29 is 4.39 Å². The number of pyridine rings is 1. The molecule has 1 heterocycles. The molecule has 0 atom stereocenters. The van der Waals surface area contributed by atoms with E-state index in [2.05, 4.69) is 16.0 Å². The molecule has 3 nitrogen and oxygen atoms in total. The normalized spacial score (nSPS) is 9.95. The van der Waals surface area contributed by atoms with Crippen molar-refractivity contribution in [3.8, 4) is 6.07 Å². The summed E-state index contributed by atoms with van der Waals surface area (Å²) in [6, 6.07) is 12.1. The predicted octanol–water partition coefficient (Wildman–Crippen LogP) is 3.12. The molecule has 0 saturated carbocycles. The van der Waals surface area contributed by atoms with Gasteiger partial charge in [0.15, 0.2) is 0 Å². The summed E-state index contributed by atoms with van der Waals surface area (Å²) in [5, 5.41) is 9.03. The SMILES string of the molecule is CCN(Cc1cccnc1C#N)c1ccc(F)cc1. The lowest BCUT2D eigenvalue weighted by molar-refractivity contribution is 0.627. The first-order chi connectivity index (χ1) is 9.24. The van der Waals surface area contributed by atoms with E-state index < -0.39 is 0 Å². The fraction of sp³-hybridized carbons (Fsp3) is 0.200. The molecule has 0 fully saturated rings. The quantitative estimate of drug-likeness (QED) is 0.842. The summed E-state index contributed by atoms with van der Waals surface area (Å²) in [6.07, 6.45) is 1.61. The van der Waals surface area contributed by atoms with Gasteiger partial charge in [-0.1, -0.05) is 6.07 Å². The molecule has 2 aromatic rings. The van der Waals surface area contributed by atoms with Gasteiger partial charge in [0, 0.05) is 30.5 Å². The summed E-state index contributed by atoms with van der Waals surface area (Å²) in [7, 11) is 0. The lowest BCUT2D eigenvalue weighted by Crippen LogP contribution is -2.22. The number of aromatic nitrogens is 1. The summed E-state index contributed by atoms with van der Waals surface area (Å²) in [5.41, 5.74) is 2.23. The second-order valence-electron chi connectivity index (χ2n) is 4.11. The Labute approximate surface area is 111 Å². The molecule has 96 valence electrons. The Bertz CT molecular complexity index is 587. The third kappa shape index (κ3) is 3.08. The van der Waals surface area contributed by atoms with Gasteiger partial charge in [0.2, 0.25) is 0 Å². The zero-order chi connectivity index (χ0) is 13.7. The van der Waals surface area contributed by atoms with Crippen LogP contribution in [0.25, 0.3) is 0 Å². The second kappa shape index (κ2) is 5.96. The lowest BCUT2D eigenvalue weighted by atomic mass is 10.1. The van der Waals surface area contributed by atoms with Crippen molar-refractivity contribution in [2.45, 2.75) is 13.5 Å². The molecular formula is C15H14FN3. The molecule has 2 rings (SSSR count). The van der Waals surface area contributed by atoms with Gasteiger partial charge in [-0.3, -0.25) is 0 Å². The van der Waals surface area contributed by atoms with Gasteiger partial charge >= 0.3 is 0 Å². The molecule has 0 aliphatic rings. The molecule has 1 aromatic carbocycles. The zero-order valence-corrected chi connectivity index (χ0v) is 10.7. The molecule has 0 amide bonds. The highest BCUT2D eigenvalue weighted by Gasteiger charge is 2.09. The van der Waals surface area contributed by atoms with E-state index in [4.69, 9.17) is 5.26 Å². The number of hydrogen-bond acceptors (Lipinski definition) is 3. The first-order valence-electron chi connectivity index (χ1n) is 6.09. The van der Waals surface area contributed by atoms with E-state index in [1.807, 2.05) is 19.1 Å². The van der Waals surface area contributed by atoms with Crippen molar-refractivity contribution in [1.82, 2.24) is 4.98 Å². The molecule has 0 aliphatic carbocycles. The summed E-state index contributed by atoms with van der Waals surface area (Å²) < 4.78 is 12.9. The number of hydrogen-bond donors (Lipinski definition) is 0. The smallest absolute Gasteiger partial charge is 0.145 e. The number of anilines is 1. The Morgan fingerprint density at radius 2 is 2.00 bits per heavy atom. The molecule has 0 saturated heterocycles. The molecule has 0 radical (unpaired) electrons. The fourth-order valence-corrected chi connectivity index (χ4v) is 1.91. The number of benzene rings is 1. The molecule has 1 aromatic heterocycles. The summed E-state index contributed by atoms with van der Waals surface area (Å²) >= 11 is 0. The Morgan fingerprint density at radius 1 is 1.26 bits per heavy atom. The molecular weight excluding hydrogens is 241 g/mol. The highest BCUT2D eigenvalue weighted by Crippen LogP contribution is 2.18. The van der Waals surface area contributed by atoms with E-state index >= 15 is 0 Å². The largest absolute Gasteiger partial charge is 0.367 e. The second-order valence-corrected chi connectivity index (χ2v) is 4.11. The van der Waals surface area contributed by atoms with Crippen LogP contribution in [-0.2, 0) is 6.54 Å². The number of halogens is 1. The number of nitrogens with zero attached hydrogens (tertiary/aromatic N) is 3. The van der Waals surface area contributed by atoms with Crippen molar-refractivity contribution in [2.24, 2.45) is 0 Å². The van der Waals surface area contributed by atoms with Crippen LogP contribution in [-0.4, -0.2) is 11.5 Å². The Balaban J connectivity index is 2.24. The summed E-state index contributed by atoms with van der Waals surface area (Å²) in [5.74, 6) is -0.251. The maximum absolute atomic E-state index is 12.9. The van der Waals surface area contributed by atoms with Gasteiger partial charge < -0.3 is 4.90 Å². The van der Waals surface area contributed by atoms with Crippen molar-refractivity contribution >= 4 is 5.69 Å². The zero-order valence-electron chi connectivity index (χ0n) is 10.7. The van der Waals surface area contributed by atoms with Crippen molar-refractivity contribution in [2.75, 3.05) is 11.4 Å². The van der Waals surface area contributed by atoms with Crippen molar-refractivity contribution in [3.05, 3.63) is 59.7 Å². The molecule has 0 unspecified atom stereocenters. The van der Waals surface area contributed by atoms with Gasteiger partial charge in [0.25, 0.3) is 0 Å². The highest BCUT2D eigenvalue weighted by molar-refractivity contribution is 5.47. The van der Waals surface area contributed by atoms with Crippen LogP contribution in [0.5, 0.6) is 0 Å². The van der Waals surface area contributed by atoms with E-state index in [0.29, 0.717) is 12.2 Å². The Hall–Kier alpha value is -2.41. The third-order valence-corrected chi connectivity index (χ3v) is 2.93. The standard InChI is InChI=1S/C15H14FN3/c1-2-19(14-7-5-13(16)6-8-14)11-12-4-3-9-18-15(12)10-17/h3-9H,2,11H2,1H3. The van der Waals surface area contributed by atoms with Crippen LogP contribution < -0.4 is 4.90 Å². The lowest BCUT2D eigenvalue weighted by Gasteiger charge is -2.23. The van der Waals surface area contributed by atoms with Crippen molar-refractivity contribution in [3.63, 3.8) is 0 Å². The summed E-state index contributed by atoms with van der Waals surface area (Å²) in [6.45, 7) is 3.37. The third-order valence-electron chi connectivity index (χ3n) is 2.93. The fourth-order valence-electron chi connectivity index (χ4n) is 1.91. The van der Waals surface area contributed by atoms with Gasteiger partial charge in [-0.05, 0) is 37.3 Å². The monoisotopic (exact) mass is 255 g/mol. The van der Waals surface area contributed by atoms with Crippen LogP contribution in [0, 0.1) is 17.1 Å². The topological polar surface area (TPSA) is 39.9 Å². The van der Waals surface area contributed by atoms with Crippen LogP contribution in [0.4, 0.5) is 10.1 Å². The minimum atomic E-state index is -0.251. The van der Waals surface area contributed by atoms with Crippen LogP contribution in [0.2, 0.25) is 0 Å². The van der Waals surface area contributed by atoms with Crippen LogP contribution >= 0.6 is 0 Å². The van der Waals surface area contributed by atoms with E-state index in [0.717, 1.165) is 17.8 Å². The van der Waals surface area contributed by atoms with E-state index in [9.17, 15) is 4.39 Å². The number of nitriles is 1. The van der Waals surface area contributed by atoms with Crippen LogP contribution in [0.3, 0.4) is 0 Å². The van der Waals surface area contributed by atoms with E-state index in [1.54, 1.807) is 18.3 Å². The number of rotatable bonds is 4. The molecule has 0 spiro atoms. The van der Waals surface area contributed by atoms with Crippen LogP contribution in [0.15, 0.2) is 42.6 Å². The van der Waals surface area contributed by atoms with Gasteiger partial charge in [0.05, 0.1) is 0 Å². The molecule has 0 bridgehead atoms. The predicted molar refractivity (Wildman–Crippen MR) is 72.1 cm³/mol. The van der Waals surface area contributed by atoms with Gasteiger partial charge in [-0.25, -0.2) is 9.37 Å². The first-order valence-corrected chi connectivity index (χ1v) is 6.09. The first kappa shape index (κ1) is 13.0. The molecule has 4 heteroatoms. The van der Waals surface area contributed by atoms with Gasteiger partial charge in [0.1, 0.15) is 17.6 Å². The van der Waals surface area contributed by atoms with E-state index in [1.165, 1.54) is 12.1 Å². The molecule has 0 N–H and O–H groups in total. The Morgan fingerprint density at radius 3 is 2.63 bits per heavy atom. The molecule has 0 aliphatic heterocycles. The Kier molecular flexibility index (Phi) is 4.09. The minimum Gasteiger partial charge on any atom is -0.367 e. The highest BCUT2D eigenvalue weighted by atomic mass is 19.1. The van der Waals surface area contributed by atoms with Crippen molar-refractivity contribution in [1.29, 1.82) is 5.26 Å². The average molecular weight is 255 g/mol. The average Bonchev–Trinajstić information content (AvgIpc) is 2.46. The van der Waals surface area contributed by atoms with Gasteiger partial charge in [-0.2, -0.15) is 5.26 Å². The van der Waals surface area contributed by atoms with E-state index in [-0.39, 0.29) is 5.82 Å². The van der Waals surface area contributed by atoms with Gasteiger partial charge in [-0.15, -0.1) is 0 Å². The molecule has 19 heavy (non-hydrogen) atoms.